The second-order valence-corrected chi connectivity index (χ2v) is 5.44. The highest BCUT2D eigenvalue weighted by molar-refractivity contribution is 6.04. The summed E-state index contributed by atoms with van der Waals surface area (Å²) in [6, 6.07) is 7.81. The third kappa shape index (κ3) is 3.45. The highest BCUT2D eigenvalue weighted by Crippen LogP contribution is 2.18. The number of carbonyl (C=O) groups is 1. The Morgan fingerprint density at radius 2 is 1.91 bits per heavy atom. The molecule has 0 unspecified atom stereocenters. The lowest BCUT2D eigenvalue weighted by Crippen LogP contribution is -2.45. The van der Waals surface area contributed by atoms with Gasteiger partial charge in [0.15, 0.2) is 0 Å². The highest BCUT2D eigenvalue weighted by Gasteiger charge is 2.24. The number of amides is 1. The van der Waals surface area contributed by atoms with Gasteiger partial charge in [-0.1, -0.05) is 0 Å². The lowest BCUT2D eigenvalue weighted by atomic mass is 10.0. The molecule has 3 rings (SSSR count). The van der Waals surface area contributed by atoms with Crippen LogP contribution in [-0.4, -0.2) is 61.6 Å². The van der Waals surface area contributed by atoms with E-state index in [-0.39, 0.29) is 5.91 Å². The van der Waals surface area contributed by atoms with Crippen molar-refractivity contribution in [2.75, 3.05) is 40.1 Å². The summed E-state index contributed by atoms with van der Waals surface area (Å²) >= 11 is 0. The minimum absolute atomic E-state index is 0.0868. The van der Waals surface area contributed by atoms with Crippen LogP contribution in [0.5, 0.6) is 5.75 Å². The number of benzene rings is 1. The molecule has 0 bridgehead atoms. The van der Waals surface area contributed by atoms with Gasteiger partial charge in [-0.2, -0.15) is 5.10 Å². The highest BCUT2D eigenvalue weighted by atomic mass is 16.5. The summed E-state index contributed by atoms with van der Waals surface area (Å²) in [6.07, 6.45) is 1.19. The van der Waals surface area contributed by atoms with Crippen LogP contribution in [-0.2, 0) is 9.53 Å². The summed E-state index contributed by atoms with van der Waals surface area (Å²) in [6.45, 7) is 3.67. The fourth-order valence-electron chi connectivity index (χ4n) is 2.63. The molecule has 2 heterocycles. The first-order valence-electron chi connectivity index (χ1n) is 7.58. The van der Waals surface area contributed by atoms with Gasteiger partial charge in [0.25, 0.3) is 0 Å². The summed E-state index contributed by atoms with van der Waals surface area (Å²) in [5.41, 5.74) is 2.00. The molecule has 22 heavy (non-hydrogen) atoms. The van der Waals surface area contributed by atoms with Gasteiger partial charge in [-0.3, -0.25) is 9.69 Å². The van der Waals surface area contributed by atoms with Gasteiger partial charge in [-0.25, -0.2) is 5.01 Å². The maximum absolute atomic E-state index is 12.1. The van der Waals surface area contributed by atoms with Gasteiger partial charge in [0.1, 0.15) is 5.75 Å². The normalized spacial score (nSPS) is 20.0. The third-order valence-electron chi connectivity index (χ3n) is 3.97. The Balaban J connectivity index is 1.72. The number of ether oxygens (including phenoxy) is 2. The van der Waals surface area contributed by atoms with Crippen LogP contribution in [0.15, 0.2) is 29.4 Å². The average molecular weight is 303 g/mol. The molecule has 6 nitrogen and oxygen atoms in total. The van der Waals surface area contributed by atoms with Crippen molar-refractivity contribution in [1.82, 2.24) is 9.91 Å². The molecule has 118 valence electrons. The van der Waals surface area contributed by atoms with E-state index in [2.05, 4.69) is 10.0 Å². The van der Waals surface area contributed by atoms with Crippen LogP contribution in [0.2, 0.25) is 0 Å². The second kappa shape index (κ2) is 6.89. The molecule has 0 aliphatic carbocycles. The minimum Gasteiger partial charge on any atom is -0.497 e. The molecular formula is C16H21N3O3. The van der Waals surface area contributed by atoms with Crippen molar-refractivity contribution in [3.63, 3.8) is 0 Å². The molecule has 2 aliphatic rings. The topological polar surface area (TPSA) is 54.4 Å². The summed E-state index contributed by atoms with van der Waals surface area (Å²) in [4.78, 5) is 14.3. The first-order chi connectivity index (χ1) is 10.8. The average Bonchev–Trinajstić information content (AvgIpc) is 2.58. The molecule has 0 N–H and O–H groups in total. The molecule has 0 atom stereocenters. The van der Waals surface area contributed by atoms with Crippen LogP contribution in [0.4, 0.5) is 0 Å². The van der Waals surface area contributed by atoms with Crippen molar-refractivity contribution in [3.8, 4) is 5.75 Å². The summed E-state index contributed by atoms with van der Waals surface area (Å²) in [5, 5.41) is 6.15. The third-order valence-corrected chi connectivity index (χ3v) is 3.97. The SMILES string of the molecule is COc1ccc(C2=NN(CN3CCOCC3)C(=O)CC2)cc1. The standard InChI is InChI=1S/C16H21N3O3/c1-21-14-4-2-13(3-5-14)15-6-7-16(20)19(17-15)12-18-8-10-22-11-9-18/h2-5H,6-12H2,1H3. The maximum atomic E-state index is 12.1. The van der Waals surface area contributed by atoms with E-state index in [0.29, 0.717) is 19.5 Å². The molecule has 0 radical (unpaired) electrons. The van der Waals surface area contributed by atoms with E-state index in [0.717, 1.165) is 43.3 Å². The number of morpholine rings is 1. The molecule has 1 aromatic carbocycles. The van der Waals surface area contributed by atoms with Crippen LogP contribution < -0.4 is 4.74 Å². The van der Waals surface area contributed by atoms with Crippen molar-refractivity contribution >= 4 is 11.6 Å². The number of methoxy groups -OCH3 is 1. The Hall–Kier alpha value is -1.92. The number of carbonyl (C=O) groups excluding carboxylic acids is 1. The Bertz CT molecular complexity index is 550. The first kappa shape index (κ1) is 15.0. The second-order valence-electron chi connectivity index (χ2n) is 5.44. The fraction of sp³-hybridized carbons (Fsp3) is 0.500. The predicted molar refractivity (Wildman–Crippen MR) is 82.9 cm³/mol. The van der Waals surface area contributed by atoms with E-state index in [4.69, 9.17) is 9.47 Å². The van der Waals surface area contributed by atoms with E-state index >= 15 is 0 Å². The summed E-state index contributed by atoms with van der Waals surface area (Å²) in [5.74, 6) is 0.908. The minimum atomic E-state index is 0.0868. The van der Waals surface area contributed by atoms with E-state index in [1.54, 1.807) is 12.1 Å². The van der Waals surface area contributed by atoms with Crippen molar-refractivity contribution < 1.29 is 14.3 Å². The molecule has 1 aromatic rings. The zero-order valence-corrected chi connectivity index (χ0v) is 12.8. The van der Waals surface area contributed by atoms with E-state index in [1.165, 1.54) is 0 Å². The molecule has 0 aromatic heterocycles. The van der Waals surface area contributed by atoms with Gasteiger partial charge >= 0.3 is 0 Å². The van der Waals surface area contributed by atoms with Crippen LogP contribution in [0, 0.1) is 0 Å². The van der Waals surface area contributed by atoms with Crippen molar-refractivity contribution in [1.29, 1.82) is 0 Å². The Morgan fingerprint density at radius 3 is 2.59 bits per heavy atom. The number of nitrogens with zero attached hydrogens (tertiary/aromatic N) is 3. The number of hydrogen-bond acceptors (Lipinski definition) is 5. The zero-order valence-electron chi connectivity index (χ0n) is 12.8. The van der Waals surface area contributed by atoms with E-state index < -0.39 is 0 Å². The molecule has 6 heteroatoms. The van der Waals surface area contributed by atoms with Gasteiger partial charge < -0.3 is 9.47 Å². The first-order valence-corrected chi connectivity index (χ1v) is 7.58. The van der Waals surface area contributed by atoms with Crippen molar-refractivity contribution in [2.24, 2.45) is 5.10 Å². The lowest BCUT2D eigenvalue weighted by Gasteiger charge is -2.32. The van der Waals surface area contributed by atoms with Crippen LogP contribution in [0.3, 0.4) is 0 Å². The maximum Gasteiger partial charge on any atom is 0.244 e. The van der Waals surface area contributed by atoms with Gasteiger partial charge in [-0.05, 0) is 29.8 Å². The van der Waals surface area contributed by atoms with Crippen LogP contribution in [0.1, 0.15) is 18.4 Å². The van der Waals surface area contributed by atoms with Gasteiger partial charge in [0, 0.05) is 25.9 Å². The van der Waals surface area contributed by atoms with Crippen molar-refractivity contribution in [3.05, 3.63) is 29.8 Å². The molecular weight excluding hydrogens is 282 g/mol. The summed E-state index contributed by atoms with van der Waals surface area (Å²) in [7, 11) is 1.65. The zero-order chi connectivity index (χ0) is 15.4. The Kier molecular flexibility index (Phi) is 4.70. The predicted octanol–water partition coefficient (Wildman–Crippen LogP) is 1.31. The number of rotatable bonds is 4. The van der Waals surface area contributed by atoms with Gasteiger partial charge in [0.2, 0.25) is 5.91 Å². The largest absolute Gasteiger partial charge is 0.497 e. The monoisotopic (exact) mass is 303 g/mol. The molecule has 1 saturated heterocycles. The van der Waals surface area contributed by atoms with Crippen LogP contribution >= 0.6 is 0 Å². The lowest BCUT2D eigenvalue weighted by molar-refractivity contribution is -0.135. The molecule has 1 fully saturated rings. The van der Waals surface area contributed by atoms with Gasteiger partial charge in [0.05, 0.1) is 32.7 Å². The van der Waals surface area contributed by atoms with E-state index in [1.807, 2.05) is 24.3 Å². The quantitative estimate of drug-likeness (QED) is 0.841. The van der Waals surface area contributed by atoms with Crippen LogP contribution in [0.25, 0.3) is 0 Å². The van der Waals surface area contributed by atoms with Crippen molar-refractivity contribution in [2.45, 2.75) is 12.8 Å². The summed E-state index contributed by atoms with van der Waals surface area (Å²) < 4.78 is 10.5. The number of hydrogen-bond donors (Lipinski definition) is 0. The molecule has 0 saturated carbocycles. The number of hydrazone groups is 1. The molecule has 0 spiro atoms. The smallest absolute Gasteiger partial charge is 0.244 e. The fourth-order valence-corrected chi connectivity index (χ4v) is 2.63. The Labute approximate surface area is 130 Å². The van der Waals surface area contributed by atoms with Gasteiger partial charge in [-0.15, -0.1) is 0 Å². The Morgan fingerprint density at radius 1 is 1.18 bits per heavy atom. The molecule has 1 amide bonds. The molecule has 2 aliphatic heterocycles. The van der Waals surface area contributed by atoms with E-state index in [9.17, 15) is 4.79 Å².